The Morgan fingerprint density at radius 2 is 1.95 bits per heavy atom. The average Bonchev–Trinajstić information content (AvgIpc) is 2.41. The minimum atomic E-state index is -1.12. The third-order valence-corrected chi connectivity index (χ3v) is 3.81. The van der Waals surface area contributed by atoms with E-state index in [0.29, 0.717) is 5.56 Å². The Kier molecular flexibility index (Phi) is 4.22. The monoisotopic (exact) mass is 279 g/mol. The van der Waals surface area contributed by atoms with Crippen LogP contribution >= 0.6 is 0 Å². The van der Waals surface area contributed by atoms with Gasteiger partial charge in [0.15, 0.2) is 0 Å². The second kappa shape index (κ2) is 5.90. The minimum Gasteiger partial charge on any atom is -0.508 e. The molecule has 0 unspecified atom stereocenters. The third-order valence-electron chi connectivity index (χ3n) is 3.81. The fourth-order valence-corrected chi connectivity index (χ4v) is 2.84. The zero-order chi connectivity index (χ0) is 14.7. The Morgan fingerprint density at radius 1 is 1.30 bits per heavy atom. The maximum Gasteiger partial charge on any atom is 0.307 e. The van der Waals surface area contributed by atoms with Crippen LogP contribution in [0.5, 0.6) is 5.75 Å². The number of hydrogen-bond donors (Lipinski definition) is 2. The Labute approximate surface area is 116 Å². The molecule has 0 atom stereocenters. The van der Waals surface area contributed by atoms with Gasteiger partial charge in [-0.05, 0) is 24.8 Å². The summed E-state index contributed by atoms with van der Waals surface area (Å²) in [6.45, 7) is 0. The number of nitrogens with zero attached hydrogens (tertiary/aromatic N) is 1. The fraction of sp³-hybridized carbons (Fsp3) is 0.500. The van der Waals surface area contributed by atoms with Crippen LogP contribution in [0.25, 0.3) is 0 Å². The van der Waals surface area contributed by atoms with E-state index in [4.69, 9.17) is 5.11 Å². The number of aliphatic carboxylic acids is 1. The van der Waals surface area contributed by atoms with Gasteiger partial charge in [-0.2, -0.15) is 0 Å². The highest BCUT2D eigenvalue weighted by molar-refractivity contribution is 5.72. The first-order chi connectivity index (χ1) is 9.49. The van der Waals surface area contributed by atoms with Crippen molar-refractivity contribution in [3.8, 4) is 5.75 Å². The van der Waals surface area contributed by atoms with Gasteiger partial charge in [-0.1, -0.05) is 19.3 Å². The molecule has 2 N–H and O–H groups in total. The lowest BCUT2D eigenvalue weighted by molar-refractivity contribution is -0.385. The summed E-state index contributed by atoms with van der Waals surface area (Å²) < 4.78 is 0. The van der Waals surface area contributed by atoms with Gasteiger partial charge in [0.25, 0.3) is 5.69 Å². The second-order valence-corrected chi connectivity index (χ2v) is 5.20. The van der Waals surface area contributed by atoms with Gasteiger partial charge < -0.3 is 10.2 Å². The molecule has 20 heavy (non-hydrogen) atoms. The Hall–Kier alpha value is -2.11. The van der Waals surface area contributed by atoms with E-state index in [1.807, 2.05) is 0 Å². The highest BCUT2D eigenvalue weighted by atomic mass is 16.6. The van der Waals surface area contributed by atoms with Gasteiger partial charge in [0.05, 0.1) is 11.3 Å². The molecule has 0 aliphatic heterocycles. The summed E-state index contributed by atoms with van der Waals surface area (Å²) in [6, 6.07) is 2.58. The molecule has 1 aromatic rings. The number of carbonyl (C=O) groups is 1. The van der Waals surface area contributed by atoms with E-state index in [2.05, 4.69) is 0 Å². The molecule has 1 aliphatic rings. The topological polar surface area (TPSA) is 101 Å². The molecule has 2 rings (SSSR count). The molecule has 0 radical (unpaired) electrons. The Bertz CT molecular complexity index is 535. The van der Waals surface area contributed by atoms with E-state index in [0.717, 1.165) is 32.1 Å². The van der Waals surface area contributed by atoms with Crippen molar-refractivity contribution < 1.29 is 19.9 Å². The first-order valence-corrected chi connectivity index (χ1v) is 6.71. The lowest BCUT2D eigenvalue weighted by Crippen LogP contribution is -2.09. The van der Waals surface area contributed by atoms with Crippen LogP contribution in [0.15, 0.2) is 12.1 Å². The molecule has 0 aromatic heterocycles. The molecular formula is C14H17NO5. The molecule has 0 saturated heterocycles. The quantitative estimate of drug-likeness (QED) is 0.651. The number of benzene rings is 1. The molecule has 108 valence electrons. The van der Waals surface area contributed by atoms with Gasteiger partial charge in [-0.15, -0.1) is 0 Å². The zero-order valence-electron chi connectivity index (χ0n) is 11.0. The summed E-state index contributed by atoms with van der Waals surface area (Å²) in [5.41, 5.74) is 0.538. The van der Waals surface area contributed by atoms with Gasteiger partial charge in [-0.3, -0.25) is 14.9 Å². The van der Waals surface area contributed by atoms with Gasteiger partial charge in [0.1, 0.15) is 5.75 Å². The van der Waals surface area contributed by atoms with Crippen molar-refractivity contribution >= 4 is 11.7 Å². The van der Waals surface area contributed by atoms with Crippen LogP contribution in [0.2, 0.25) is 0 Å². The van der Waals surface area contributed by atoms with E-state index in [-0.39, 0.29) is 22.9 Å². The number of aromatic hydroxyl groups is 1. The van der Waals surface area contributed by atoms with Crippen LogP contribution < -0.4 is 0 Å². The highest BCUT2D eigenvalue weighted by Gasteiger charge is 2.26. The predicted molar refractivity (Wildman–Crippen MR) is 71.9 cm³/mol. The highest BCUT2D eigenvalue weighted by Crippen LogP contribution is 2.40. The molecule has 1 aromatic carbocycles. The van der Waals surface area contributed by atoms with Crippen molar-refractivity contribution in [1.29, 1.82) is 0 Å². The molecule has 0 heterocycles. The maximum absolute atomic E-state index is 11.2. The average molecular weight is 279 g/mol. The summed E-state index contributed by atoms with van der Waals surface area (Å²) in [5.74, 6) is -1.22. The van der Waals surface area contributed by atoms with Crippen molar-refractivity contribution in [2.45, 2.75) is 44.4 Å². The third kappa shape index (κ3) is 3.07. The largest absolute Gasteiger partial charge is 0.508 e. The van der Waals surface area contributed by atoms with E-state index in [9.17, 15) is 20.0 Å². The molecule has 6 nitrogen and oxygen atoms in total. The second-order valence-electron chi connectivity index (χ2n) is 5.20. The van der Waals surface area contributed by atoms with Gasteiger partial charge in [-0.25, -0.2) is 0 Å². The van der Waals surface area contributed by atoms with Crippen molar-refractivity contribution in [3.05, 3.63) is 33.4 Å². The number of nitro groups is 1. The molecule has 0 amide bonds. The lowest BCUT2D eigenvalue weighted by atomic mass is 9.82. The number of carboxylic acid groups (broad SMARTS) is 1. The molecule has 0 spiro atoms. The van der Waals surface area contributed by atoms with E-state index < -0.39 is 17.3 Å². The molecule has 0 bridgehead atoms. The minimum absolute atomic E-state index is 0.0777. The van der Waals surface area contributed by atoms with Crippen molar-refractivity contribution in [2.75, 3.05) is 0 Å². The van der Waals surface area contributed by atoms with Crippen LogP contribution in [-0.2, 0) is 11.2 Å². The molecule has 1 saturated carbocycles. The summed E-state index contributed by atoms with van der Waals surface area (Å²) in [5, 5.41) is 29.8. The summed E-state index contributed by atoms with van der Waals surface area (Å²) in [6.07, 6.45) is 4.51. The van der Waals surface area contributed by atoms with E-state index in [1.54, 1.807) is 0 Å². The van der Waals surface area contributed by atoms with Crippen molar-refractivity contribution in [1.82, 2.24) is 0 Å². The first kappa shape index (κ1) is 14.3. The van der Waals surface area contributed by atoms with Crippen LogP contribution in [0.3, 0.4) is 0 Å². The number of phenols is 1. The van der Waals surface area contributed by atoms with E-state index >= 15 is 0 Å². The van der Waals surface area contributed by atoms with Gasteiger partial charge in [0.2, 0.25) is 0 Å². The maximum atomic E-state index is 11.2. The lowest BCUT2D eigenvalue weighted by Gasteiger charge is -2.22. The molecule has 1 fully saturated rings. The standard InChI is InChI=1S/C14H17NO5/c16-13-8-11(9-4-2-1-3-5-9)12(15(19)20)6-10(13)7-14(17)18/h6,8-9,16H,1-5,7H2,(H,17,18). The Morgan fingerprint density at radius 3 is 2.50 bits per heavy atom. The number of rotatable bonds is 4. The number of nitro benzene ring substituents is 1. The predicted octanol–water partition coefficient (Wildman–Crippen LogP) is 2.98. The normalized spacial score (nSPS) is 16.0. The number of carboxylic acids is 1. The fourth-order valence-electron chi connectivity index (χ4n) is 2.84. The number of hydrogen-bond acceptors (Lipinski definition) is 4. The SMILES string of the molecule is O=C(O)Cc1cc([N+](=O)[O-])c(C2CCCCC2)cc1O. The molecule has 1 aliphatic carbocycles. The van der Waals surface area contributed by atoms with Crippen molar-refractivity contribution in [3.63, 3.8) is 0 Å². The molecular weight excluding hydrogens is 262 g/mol. The smallest absolute Gasteiger partial charge is 0.307 e. The van der Waals surface area contributed by atoms with Gasteiger partial charge >= 0.3 is 5.97 Å². The first-order valence-electron chi connectivity index (χ1n) is 6.71. The van der Waals surface area contributed by atoms with E-state index in [1.165, 1.54) is 12.1 Å². The van der Waals surface area contributed by atoms with Crippen LogP contribution in [0, 0.1) is 10.1 Å². The summed E-state index contributed by atoms with van der Waals surface area (Å²) in [7, 11) is 0. The van der Waals surface area contributed by atoms with Crippen LogP contribution in [-0.4, -0.2) is 21.1 Å². The van der Waals surface area contributed by atoms with Gasteiger partial charge in [0, 0.05) is 17.2 Å². The summed E-state index contributed by atoms with van der Waals surface area (Å²) >= 11 is 0. The van der Waals surface area contributed by atoms with Crippen LogP contribution in [0.1, 0.15) is 49.1 Å². The number of phenolic OH excluding ortho intramolecular Hbond substituents is 1. The summed E-state index contributed by atoms with van der Waals surface area (Å²) in [4.78, 5) is 21.4. The molecule has 6 heteroatoms. The Balaban J connectivity index is 2.42. The van der Waals surface area contributed by atoms with Crippen LogP contribution in [0.4, 0.5) is 5.69 Å². The zero-order valence-corrected chi connectivity index (χ0v) is 11.0. The van der Waals surface area contributed by atoms with Crippen molar-refractivity contribution in [2.24, 2.45) is 0 Å².